The molecule has 4 heteroatoms. The first kappa shape index (κ1) is 16.2. The summed E-state index contributed by atoms with van der Waals surface area (Å²) >= 11 is 0. The minimum absolute atomic E-state index is 0.0519. The molecule has 0 fully saturated rings. The van der Waals surface area contributed by atoms with Gasteiger partial charge in [0.1, 0.15) is 11.5 Å². The first-order chi connectivity index (χ1) is 11.1. The fourth-order valence-electron chi connectivity index (χ4n) is 1.97. The number of carbonyl (C=O) groups is 1. The average Bonchev–Trinajstić information content (AvgIpc) is 2.55. The normalized spacial score (nSPS) is 9.61. The zero-order valence-corrected chi connectivity index (χ0v) is 12.6. The third-order valence-electron chi connectivity index (χ3n) is 2.88. The fourth-order valence-corrected chi connectivity index (χ4v) is 1.97. The van der Waals surface area contributed by atoms with Gasteiger partial charge < -0.3 is 9.52 Å². The number of carboxylic acids is 1. The summed E-state index contributed by atoms with van der Waals surface area (Å²) in [5, 5.41) is 7.42. The van der Waals surface area contributed by atoms with E-state index in [-0.39, 0.29) is 5.43 Å². The molecule has 0 saturated heterocycles. The molecular formula is C19H16O4. The van der Waals surface area contributed by atoms with Crippen molar-refractivity contribution in [2.45, 2.75) is 6.92 Å². The molecule has 0 amide bonds. The first-order valence-electron chi connectivity index (χ1n) is 7.02. The van der Waals surface area contributed by atoms with E-state index in [0.29, 0.717) is 11.5 Å². The SMILES string of the molecule is CC(=O)O.O=c1cc(-c2ccccc2)oc(-c2ccccc2)c1. The number of hydrogen-bond acceptors (Lipinski definition) is 3. The molecule has 1 aromatic heterocycles. The molecule has 0 unspecified atom stereocenters. The van der Waals surface area contributed by atoms with Crippen LogP contribution in [-0.2, 0) is 4.79 Å². The van der Waals surface area contributed by atoms with E-state index in [1.165, 1.54) is 12.1 Å². The fraction of sp³-hybridized carbons (Fsp3) is 0.0526. The summed E-state index contributed by atoms with van der Waals surface area (Å²) in [6, 6.07) is 22.3. The van der Waals surface area contributed by atoms with Crippen LogP contribution in [0.3, 0.4) is 0 Å². The highest BCUT2D eigenvalue weighted by Gasteiger charge is 2.06. The Morgan fingerprint density at radius 1 is 0.826 bits per heavy atom. The highest BCUT2D eigenvalue weighted by Crippen LogP contribution is 2.24. The largest absolute Gasteiger partial charge is 0.481 e. The van der Waals surface area contributed by atoms with Crippen LogP contribution in [0.1, 0.15) is 6.92 Å². The molecule has 116 valence electrons. The predicted molar refractivity (Wildman–Crippen MR) is 89.2 cm³/mol. The molecule has 0 radical (unpaired) electrons. The Bertz CT molecular complexity index is 756. The van der Waals surface area contributed by atoms with Crippen LogP contribution < -0.4 is 5.43 Å². The molecule has 23 heavy (non-hydrogen) atoms. The predicted octanol–water partition coefficient (Wildman–Crippen LogP) is 4.06. The van der Waals surface area contributed by atoms with Gasteiger partial charge in [0, 0.05) is 30.2 Å². The maximum absolute atomic E-state index is 11.8. The number of benzene rings is 2. The van der Waals surface area contributed by atoms with E-state index in [9.17, 15) is 4.79 Å². The summed E-state index contributed by atoms with van der Waals surface area (Å²) in [6.07, 6.45) is 0. The minimum Gasteiger partial charge on any atom is -0.481 e. The van der Waals surface area contributed by atoms with Crippen molar-refractivity contribution in [3.63, 3.8) is 0 Å². The third-order valence-corrected chi connectivity index (χ3v) is 2.88. The van der Waals surface area contributed by atoms with Gasteiger partial charge in [-0.2, -0.15) is 0 Å². The van der Waals surface area contributed by atoms with E-state index in [2.05, 4.69) is 0 Å². The summed E-state index contributed by atoms with van der Waals surface area (Å²) in [5.74, 6) is 0.346. The van der Waals surface area contributed by atoms with E-state index in [0.717, 1.165) is 18.1 Å². The van der Waals surface area contributed by atoms with Crippen molar-refractivity contribution < 1.29 is 14.3 Å². The lowest BCUT2D eigenvalue weighted by atomic mass is 10.1. The van der Waals surface area contributed by atoms with Crippen molar-refractivity contribution in [3.05, 3.63) is 83.0 Å². The van der Waals surface area contributed by atoms with Crippen molar-refractivity contribution in [2.75, 3.05) is 0 Å². The standard InChI is InChI=1S/C17H12O2.C2H4O2/c18-15-11-16(13-7-3-1-4-8-13)19-17(12-15)14-9-5-2-6-10-14;1-2(3)4/h1-12H;1H3,(H,3,4). The Kier molecular flexibility index (Phi) is 5.47. The Labute approximate surface area is 133 Å². The van der Waals surface area contributed by atoms with Crippen LogP contribution in [0.25, 0.3) is 22.6 Å². The Balaban J connectivity index is 0.000000433. The zero-order chi connectivity index (χ0) is 16.7. The Morgan fingerprint density at radius 3 is 1.52 bits per heavy atom. The topological polar surface area (TPSA) is 67.5 Å². The molecule has 2 aromatic carbocycles. The van der Waals surface area contributed by atoms with Crippen LogP contribution >= 0.6 is 0 Å². The summed E-state index contributed by atoms with van der Waals surface area (Å²) < 4.78 is 5.83. The smallest absolute Gasteiger partial charge is 0.300 e. The molecule has 0 bridgehead atoms. The number of rotatable bonds is 2. The van der Waals surface area contributed by atoms with E-state index < -0.39 is 5.97 Å². The van der Waals surface area contributed by atoms with Crippen LogP contribution in [0.2, 0.25) is 0 Å². The van der Waals surface area contributed by atoms with Crippen LogP contribution in [-0.4, -0.2) is 11.1 Å². The molecular weight excluding hydrogens is 292 g/mol. The molecule has 0 spiro atoms. The highest BCUT2D eigenvalue weighted by molar-refractivity contribution is 5.63. The van der Waals surface area contributed by atoms with Gasteiger partial charge in [-0.1, -0.05) is 60.7 Å². The lowest BCUT2D eigenvalue weighted by Crippen LogP contribution is -1.98. The number of carboxylic acid groups (broad SMARTS) is 1. The van der Waals surface area contributed by atoms with Gasteiger partial charge in [0.2, 0.25) is 0 Å². The first-order valence-corrected chi connectivity index (χ1v) is 7.02. The van der Waals surface area contributed by atoms with E-state index in [1.807, 2.05) is 60.7 Å². The van der Waals surface area contributed by atoms with Gasteiger partial charge in [0.25, 0.3) is 5.97 Å². The van der Waals surface area contributed by atoms with Crippen molar-refractivity contribution in [1.82, 2.24) is 0 Å². The van der Waals surface area contributed by atoms with Crippen LogP contribution in [0.15, 0.2) is 82.0 Å². The summed E-state index contributed by atoms with van der Waals surface area (Å²) in [4.78, 5) is 20.8. The molecule has 0 aliphatic heterocycles. The van der Waals surface area contributed by atoms with Crippen LogP contribution in [0.5, 0.6) is 0 Å². The second kappa shape index (κ2) is 7.75. The maximum Gasteiger partial charge on any atom is 0.300 e. The van der Waals surface area contributed by atoms with Gasteiger partial charge in [-0.05, 0) is 0 Å². The zero-order valence-electron chi connectivity index (χ0n) is 12.6. The van der Waals surface area contributed by atoms with Gasteiger partial charge in [0.15, 0.2) is 5.43 Å². The summed E-state index contributed by atoms with van der Waals surface area (Å²) in [6.45, 7) is 1.08. The van der Waals surface area contributed by atoms with Crippen LogP contribution in [0.4, 0.5) is 0 Å². The summed E-state index contributed by atoms with van der Waals surface area (Å²) in [5.41, 5.74) is 1.75. The van der Waals surface area contributed by atoms with E-state index >= 15 is 0 Å². The van der Waals surface area contributed by atoms with Gasteiger partial charge in [-0.25, -0.2) is 0 Å². The van der Waals surface area contributed by atoms with Crippen LogP contribution in [0, 0.1) is 0 Å². The monoisotopic (exact) mass is 308 g/mol. The lowest BCUT2D eigenvalue weighted by molar-refractivity contribution is -0.134. The van der Waals surface area contributed by atoms with Gasteiger partial charge in [-0.15, -0.1) is 0 Å². The maximum atomic E-state index is 11.8. The molecule has 0 saturated carbocycles. The highest BCUT2D eigenvalue weighted by atomic mass is 16.4. The van der Waals surface area contributed by atoms with E-state index in [1.54, 1.807) is 0 Å². The molecule has 3 rings (SSSR count). The Hall–Kier alpha value is -3.14. The lowest BCUT2D eigenvalue weighted by Gasteiger charge is -2.04. The molecule has 0 aliphatic rings. The van der Waals surface area contributed by atoms with Crippen molar-refractivity contribution in [3.8, 4) is 22.6 Å². The third kappa shape index (κ3) is 4.97. The van der Waals surface area contributed by atoms with Crippen molar-refractivity contribution in [1.29, 1.82) is 0 Å². The summed E-state index contributed by atoms with van der Waals surface area (Å²) in [7, 11) is 0. The quantitative estimate of drug-likeness (QED) is 0.775. The van der Waals surface area contributed by atoms with Crippen molar-refractivity contribution in [2.24, 2.45) is 0 Å². The average molecular weight is 308 g/mol. The van der Waals surface area contributed by atoms with Crippen molar-refractivity contribution >= 4 is 5.97 Å². The second-order valence-electron chi connectivity index (χ2n) is 4.77. The minimum atomic E-state index is -0.833. The molecule has 4 nitrogen and oxygen atoms in total. The van der Waals surface area contributed by atoms with Gasteiger partial charge in [-0.3, -0.25) is 9.59 Å². The second-order valence-corrected chi connectivity index (χ2v) is 4.77. The van der Waals surface area contributed by atoms with Gasteiger partial charge >= 0.3 is 0 Å². The Morgan fingerprint density at radius 2 is 1.17 bits per heavy atom. The number of aliphatic carboxylic acids is 1. The molecule has 1 N–H and O–H groups in total. The molecule has 1 heterocycles. The van der Waals surface area contributed by atoms with Gasteiger partial charge in [0.05, 0.1) is 0 Å². The number of hydrogen-bond donors (Lipinski definition) is 1. The molecule has 0 aliphatic carbocycles. The molecule has 3 aromatic rings. The molecule has 0 atom stereocenters. The van der Waals surface area contributed by atoms with E-state index in [4.69, 9.17) is 14.3 Å².